The van der Waals surface area contributed by atoms with Gasteiger partial charge in [-0.25, -0.2) is 9.97 Å². The number of nitrogens with zero attached hydrogens (tertiary/aromatic N) is 2. The van der Waals surface area contributed by atoms with Gasteiger partial charge < -0.3 is 4.74 Å². The van der Waals surface area contributed by atoms with Gasteiger partial charge in [0.15, 0.2) is 0 Å². The number of ether oxygens (including phenoxy) is 1. The van der Waals surface area contributed by atoms with Crippen molar-refractivity contribution in [1.29, 1.82) is 0 Å². The monoisotopic (exact) mass is 358 g/mol. The average Bonchev–Trinajstić information content (AvgIpc) is 2.50. The predicted molar refractivity (Wildman–Crippen MR) is 94.7 cm³/mol. The molecule has 1 heterocycles. The van der Waals surface area contributed by atoms with E-state index in [0.29, 0.717) is 24.1 Å². The van der Waals surface area contributed by atoms with Gasteiger partial charge in [-0.3, -0.25) is 4.79 Å². The van der Waals surface area contributed by atoms with Gasteiger partial charge in [0.25, 0.3) is 0 Å². The maximum atomic E-state index is 11.6. The largest absolute Gasteiger partial charge is 0.465 e. The van der Waals surface area contributed by atoms with Gasteiger partial charge in [-0.05, 0) is 43.7 Å². The van der Waals surface area contributed by atoms with Crippen LogP contribution in [0, 0.1) is 12.8 Å². The zero-order valence-electron chi connectivity index (χ0n) is 13.9. The maximum absolute atomic E-state index is 11.6. The van der Waals surface area contributed by atoms with E-state index < -0.39 is 0 Å². The zero-order valence-corrected chi connectivity index (χ0v) is 15.5. The van der Waals surface area contributed by atoms with Crippen LogP contribution in [0.4, 0.5) is 0 Å². The molecule has 23 heavy (non-hydrogen) atoms. The van der Waals surface area contributed by atoms with Crippen LogP contribution in [0.2, 0.25) is 10.4 Å². The SMILES string of the molecule is CCCCC(=O)OCC(CC)C/C=C\c1c(C)nc(Cl)nc1Cl. The molecule has 0 bridgehead atoms. The number of hydrogen-bond acceptors (Lipinski definition) is 4. The van der Waals surface area contributed by atoms with Crippen molar-refractivity contribution in [2.75, 3.05) is 6.61 Å². The molecule has 0 aliphatic carbocycles. The Morgan fingerprint density at radius 1 is 1.30 bits per heavy atom. The fourth-order valence-electron chi connectivity index (χ4n) is 2.04. The third-order valence-electron chi connectivity index (χ3n) is 3.61. The van der Waals surface area contributed by atoms with Crippen LogP contribution in [-0.2, 0) is 9.53 Å². The van der Waals surface area contributed by atoms with E-state index in [1.807, 2.05) is 19.1 Å². The Labute approximate surface area is 148 Å². The second-order valence-electron chi connectivity index (χ2n) is 5.48. The van der Waals surface area contributed by atoms with Crippen molar-refractivity contribution in [3.63, 3.8) is 0 Å². The first-order valence-electron chi connectivity index (χ1n) is 7.99. The standard InChI is InChI=1S/C17H24Cl2N2O2/c1-4-6-10-15(22)23-11-13(5-2)8-7-9-14-12(3)20-17(19)21-16(14)18/h7,9,13H,4-6,8,10-11H2,1-3H3/b9-7-. The van der Waals surface area contributed by atoms with Gasteiger partial charge in [-0.1, -0.05) is 44.0 Å². The van der Waals surface area contributed by atoms with Crippen LogP contribution in [0.5, 0.6) is 0 Å². The van der Waals surface area contributed by atoms with Gasteiger partial charge in [-0.2, -0.15) is 0 Å². The van der Waals surface area contributed by atoms with E-state index in [9.17, 15) is 4.79 Å². The lowest BCUT2D eigenvalue weighted by atomic mass is 10.0. The minimum atomic E-state index is -0.112. The molecule has 0 saturated heterocycles. The Morgan fingerprint density at radius 3 is 2.65 bits per heavy atom. The van der Waals surface area contributed by atoms with E-state index in [2.05, 4.69) is 23.8 Å². The third kappa shape index (κ3) is 7.32. The highest BCUT2D eigenvalue weighted by molar-refractivity contribution is 6.32. The van der Waals surface area contributed by atoms with E-state index >= 15 is 0 Å². The van der Waals surface area contributed by atoms with Crippen molar-refractivity contribution in [2.45, 2.75) is 52.9 Å². The van der Waals surface area contributed by atoms with Crippen LogP contribution >= 0.6 is 23.2 Å². The van der Waals surface area contributed by atoms with Crippen LogP contribution in [-0.4, -0.2) is 22.5 Å². The average molecular weight is 359 g/mol. The summed E-state index contributed by atoms with van der Waals surface area (Å²) < 4.78 is 5.32. The van der Waals surface area contributed by atoms with Gasteiger partial charge >= 0.3 is 5.97 Å². The van der Waals surface area contributed by atoms with Gasteiger partial charge in [0, 0.05) is 12.0 Å². The number of aryl methyl sites for hydroxylation is 1. The minimum absolute atomic E-state index is 0.112. The fraction of sp³-hybridized carbons (Fsp3) is 0.588. The van der Waals surface area contributed by atoms with Crippen molar-refractivity contribution < 1.29 is 9.53 Å². The number of carbonyl (C=O) groups is 1. The number of halogens is 2. The van der Waals surface area contributed by atoms with Crippen molar-refractivity contribution in [3.05, 3.63) is 27.8 Å². The molecular formula is C17H24Cl2N2O2. The normalized spacial score (nSPS) is 12.6. The molecule has 0 amide bonds. The molecule has 1 atom stereocenters. The Kier molecular flexibility index (Phi) is 9.19. The first kappa shape index (κ1) is 19.9. The van der Waals surface area contributed by atoms with Crippen LogP contribution in [0.15, 0.2) is 6.08 Å². The van der Waals surface area contributed by atoms with E-state index in [1.54, 1.807) is 0 Å². The summed E-state index contributed by atoms with van der Waals surface area (Å²) in [5.74, 6) is 0.184. The summed E-state index contributed by atoms with van der Waals surface area (Å²) >= 11 is 11.8. The van der Waals surface area contributed by atoms with Gasteiger partial charge in [0.1, 0.15) is 5.15 Å². The number of carbonyl (C=O) groups excluding carboxylic acids is 1. The van der Waals surface area contributed by atoms with E-state index in [1.165, 1.54) is 0 Å². The van der Waals surface area contributed by atoms with Crippen LogP contribution < -0.4 is 0 Å². The molecule has 0 radical (unpaired) electrons. The van der Waals surface area contributed by atoms with E-state index in [0.717, 1.165) is 36.9 Å². The van der Waals surface area contributed by atoms with E-state index in [4.69, 9.17) is 27.9 Å². The summed E-state index contributed by atoms with van der Waals surface area (Å²) in [5.41, 5.74) is 1.51. The van der Waals surface area contributed by atoms with Crippen LogP contribution in [0.3, 0.4) is 0 Å². The first-order valence-corrected chi connectivity index (χ1v) is 8.75. The predicted octanol–water partition coefficient (Wildman–Crippen LogP) is 5.25. The van der Waals surface area contributed by atoms with Gasteiger partial charge in [0.2, 0.25) is 5.28 Å². The molecule has 128 valence electrons. The lowest BCUT2D eigenvalue weighted by Crippen LogP contribution is -2.13. The molecule has 0 fully saturated rings. The van der Waals surface area contributed by atoms with Crippen molar-refractivity contribution in [1.82, 2.24) is 9.97 Å². The molecular weight excluding hydrogens is 335 g/mol. The lowest BCUT2D eigenvalue weighted by Gasteiger charge is -2.13. The van der Waals surface area contributed by atoms with Crippen molar-refractivity contribution in [2.24, 2.45) is 5.92 Å². The molecule has 6 heteroatoms. The summed E-state index contributed by atoms with van der Waals surface area (Å²) in [5, 5.41) is 0.493. The quantitative estimate of drug-likeness (QED) is 0.343. The van der Waals surface area contributed by atoms with Crippen molar-refractivity contribution >= 4 is 35.2 Å². The molecule has 0 saturated carbocycles. The number of rotatable bonds is 9. The van der Waals surface area contributed by atoms with Crippen molar-refractivity contribution in [3.8, 4) is 0 Å². The number of esters is 1. The topological polar surface area (TPSA) is 52.1 Å². The highest BCUT2D eigenvalue weighted by atomic mass is 35.5. The lowest BCUT2D eigenvalue weighted by molar-refractivity contribution is -0.145. The molecule has 0 aromatic carbocycles. The highest BCUT2D eigenvalue weighted by Crippen LogP contribution is 2.21. The number of hydrogen-bond donors (Lipinski definition) is 0. The fourth-order valence-corrected chi connectivity index (χ4v) is 2.57. The number of unbranched alkanes of at least 4 members (excludes halogenated alkanes) is 1. The summed E-state index contributed by atoms with van der Waals surface area (Å²) in [6.07, 6.45) is 8.03. The Balaban J connectivity index is 2.52. The molecule has 4 nitrogen and oxygen atoms in total. The Morgan fingerprint density at radius 2 is 2.04 bits per heavy atom. The summed E-state index contributed by atoms with van der Waals surface area (Å²) in [6.45, 7) is 6.43. The second-order valence-corrected chi connectivity index (χ2v) is 6.18. The van der Waals surface area contributed by atoms with E-state index in [-0.39, 0.29) is 11.3 Å². The number of allylic oxidation sites excluding steroid dienone is 1. The maximum Gasteiger partial charge on any atom is 0.305 e. The molecule has 1 unspecified atom stereocenters. The summed E-state index contributed by atoms with van der Waals surface area (Å²) in [7, 11) is 0. The number of aromatic nitrogens is 2. The molecule has 1 aromatic heterocycles. The molecule has 1 aromatic rings. The van der Waals surface area contributed by atoms with Gasteiger partial charge in [0.05, 0.1) is 12.3 Å². The summed E-state index contributed by atoms with van der Waals surface area (Å²) in [6, 6.07) is 0. The summed E-state index contributed by atoms with van der Waals surface area (Å²) in [4.78, 5) is 19.6. The Bertz CT molecular complexity index is 524. The Hall–Kier alpha value is -1.13. The zero-order chi connectivity index (χ0) is 17.2. The second kappa shape index (κ2) is 10.6. The molecule has 0 spiro atoms. The molecule has 0 aliphatic heterocycles. The first-order chi connectivity index (χ1) is 11.0. The third-order valence-corrected chi connectivity index (χ3v) is 4.07. The smallest absolute Gasteiger partial charge is 0.305 e. The van der Waals surface area contributed by atoms with Crippen LogP contribution in [0.25, 0.3) is 6.08 Å². The molecule has 1 rings (SSSR count). The minimum Gasteiger partial charge on any atom is -0.465 e. The van der Waals surface area contributed by atoms with Gasteiger partial charge in [-0.15, -0.1) is 0 Å². The molecule has 0 N–H and O–H groups in total. The molecule has 0 aliphatic rings. The highest BCUT2D eigenvalue weighted by Gasteiger charge is 2.10. The van der Waals surface area contributed by atoms with Crippen LogP contribution in [0.1, 0.15) is 57.2 Å².